The van der Waals surface area contributed by atoms with Crippen molar-refractivity contribution in [2.24, 2.45) is 0 Å². The Balaban J connectivity index is 1.86. The van der Waals surface area contributed by atoms with Crippen LogP contribution >= 0.6 is 11.3 Å². The molecular weight excluding hydrogens is 322 g/mol. The number of pyridine rings is 1. The lowest BCUT2D eigenvalue weighted by Crippen LogP contribution is -1.78. The highest BCUT2D eigenvalue weighted by Crippen LogP contribution is 2.41. The van der Waals surface area contributed by atoms with E-state index in [1.54, 1.807) is 0 Å². The van der Waals surface area contributed by atoms with Gasteiger partial charge in [-0.25, -0.2) is 0 Å². The van der Waals surface area contributed by atoms with Crippen molar-refractivity contribution >= 4 is 63.8 Å². The molecule has 0 fully saturated rings. The Labute approximate surface area is 148 Å². The Morgan fingerprint density at radius 3 is 2.32 bits per heavy atom. The van der Waals surface area contributed by atoms with Gasteiger partial charge in [-0.15, -0.1) is 11.3 Å². The highest BCUT2D eigenvalue weighted by Gasteiger charge is 2.11. The fourth-order valence-electron chi connectivity index (χ4n) is 3.87. The third-order valence-corrected chi connectivity index (χ3v) is 6.19. The lowest BCUT2D eigenvalue weighted by Gasteiger charge is -2.05. The van der Waals surface area contributed by atoms with Gasteiger partial charge in [0.1, 0.15) is 0 Å². The van der Waals surface area contributed by atoms with Gasteiger partial charge in [0.05, 0.1) is 0 Å². The molecule has 2 aromatic heterocycles. The predicted molar refractivity (Wildman–Crippen MR) is 110 cm³/mol. The molecule has 0 N–H and O–H groups in total. The molecule has 0 amide bonds. The lowest BCUT2D eigenvalue weighted by molar-refractivity contribution is 1.37. The number of aromatic nitrogens is 1. The van der Waals surface area contributed by atoms with E-state index < -0.39 is 0 Å². The van der Waals surface area contributed by atoms with Crippen molar-refractivity contribution < 1.29 is 0 Å². The van der Waals surface area contributed by atoms with Gasteiger partial charge in [-0.2, -0.15) is 0 Å². The third kappa shape index (κ3) is 1.86. The normalized spacial score (nSPS) is 12.0. The number of thiophene rings is 1. The topological polar surface area (TPSA) is 12.9 Å². The molecule has 0 bridgehead atoms. The molecule has 1 nitrogen and oxygen atoms in total. The van der Waals surface area contributed by atoms with Crippen LogP contribution in [0.4, 0.5) is 0 Å². The van der Waals surface area contributed by atoms with E-state index in [0.717, 1.165) is 0 Å². The Bertz CT molecular complexity index is 1430. The molecule has 0 saturated carbocycles. The minimum Gasteiger partial charge on any atom is -0.264 e. The monoisotopic (exact) mass is 335 g/mol. The van der Waals surface area contributed by atoms with E-state index in [9.17, 15) is 0 Å². The first-order valence-electron chi connectivity index (χ1n) is 8.38. The van der Waals surface area contributed by atoms with Crippen LogP contribution in [0.25, 0.3) is 52.5 Å². The Morgan fingerprint density at radius 2 is 1.40 bits per heavy atom. The third-order valence-electron chi connectivity index (χ3n) is 5.08. The van der Waals surface area contributed by atoms with Crippen LogP contribution in [-0.4, -0.2) is 4.98 Å². The molecule has 0 atom stereocenters. The molecule has 116 valence electrons. The molecule has 0 aliphatic rings. The summed E-state index contributed by atoms with van der Waals surface area (Å²) in [6, 6.07) is 24.4. The van der Waals surface area contributed by atoms with Crippen molar-refractivity contribution in [2.45, 2.75) is 0 Å². The van der Waals surface area contributed by atoms with Crippen LogP contribution < -0.4 is 0 Å². The summed E-state index contributed by atoms with van der Waals surface area (Å²) in [6.45, 7) is 0. The Hall–Kier alpha value is -2.97. The van der Waals surface area contributed by atoms with E-state index in [4.69, 9.17) is 0 Å². The molecule has 0 unspecified atom stereocenters. The second kappa shape index (κ2) is 4.78. The molecule has 0 aliphatic heterocycles. The van der Waals surface area contributed by atoms with Gasteiger partial charge in [0.2, 0.25) is 0 Å². The van der Waals surface area contributed by atoms with Crippen molar-refractivity contribution in [3.05, 3.63) is 79.1 Å². The molecule has 6 rings (SSSR count). The van der Waals surface area contributed by atoms with Gasteiger partial charge in [-0.05, 0) is 63.3 Å². The first-order chi connectivity index (χ1) is 12.4. The van der Waals surface area contributed by atoms with Crippen molar-refractivity contribution in [3.63, 3.8) is 0 Å². The summed E-state index contributed by atoms with van der Waals surface area (Å²) >= 11 is 1.88. The maximum Gasteiger partial charge on any atom is 0.0362 e. The molecule has 0 spiro atoms. The van der Waals surface area contributed by atoms with Gasteiger partial charge in [0, 0.05) is 38.0 Å². The fourth-order valence-corrected chi connectivity index (χ4v) is 5.02. The largest absolute Gasteiger partial charge is 0.264 e. The molecule has 0 radical (unpaired) electrons. The summed E-state index contributed by atoms with van der Waals surface area (Å²) in [5.74, 6) is 0. The first-order valence-corrected chi connectivity index (χ1v) is 9.20. The summed E-state index contributed by atoms with van der Waals surface area (Å²) in [5.41, 5.74) is 0. The smallest absolute Gasteiger partial charge is 0.0362 e. The van der Waals surface area contributed by atoms with Crippen LogP contribution in [0.2, 0.25) is 0 Å². The van der Waals surface area contributed by atoms with Gasteiger partial charge in [0.15, 0.2) is 0 Å². The molecule has 0 aliphatic carbocycles. The zero-order valence-corrected chi connectivity index (χ0v) is 14.2. The highest BCUT2D eigenvalue weighted by atomic mass is 32.1. The summed E-state index contributed by atoms with van der Waals surface area (Å²) < 4.78 is 2.69. The second-order valence-electron chi connectivity index (χ2n) is 6.53. The minimum absolute atomic E-state index is 1.20. The highest BCUT2D eigenvalue weighted by molar-refractivity contribution is 7.26. The van der Waals surface area contributed by atoms with Crippen molar-refractivity contribution in [1.82, 2.24) is 4.98 Å². The van der Waals surface area contributed by atoms with E-state index in [-0.39, 0.29) is 0 Å². The lowest BCUT2D eigenvalue weighted by atomic mass is 9.99. The fraction of sp³-hybridized carbons (Fsp3) is 0. The quantitative estimate of drug-likeness (QED) is 0.275. The summed E-state index contributed by atoms with van der Waals surface area (Å²) in [4.78, 5) is 4.29. The van der Waals surface area contributed by atoms with E-state index in [2.05, 4.69) is 71.7 Å². The van der Waals surface area contributed by atoms with E-state index in [1.165, 1.54) is 52.5 Å². The predicted octanol–water partition coefficient (Wildman–Crippen LogP) is 6.91. The van der Waals surface area contributed by atoms with Crippen molar-refractivity contribution in [3.8, 4) is 0 Å². The summed E-state index contributed by atoms with van der Waals surface area (Å²) in [6.07, 6.45) is 3.82. The molecule has 6 aromatic rings. The zero-order valence-electron chi connectivity index (χ0n) is 13.4. The standard InChI is InChI=1S/C23H13NS/c1-2-4-15-10-19-17(9-14(15)3-1)5-6-21-23(19)20-11-18-13-24-8-7-16(18)12-22(20)25-21/h1-13H. The van der Waals surface area contributed by atoms with Gasteiger partial charge in [-0.1, -0.05) is 30.3 Å². The number of benzene rings is 4. The first kappa shape index (κ1) is 13.3. The average molecular weight is 335 g/mol. The molecule has 0 saturated heterocycles. The molecule has 2 heterocycles. The van der Waals surface area contributed by atoms with Crippen LogP contribution in [-0.2, 0) is 0 Å². The van der Waals surface area contributed by atoms with E-state index >= 15 is 0 Å². The SMILES string of the molecule is c1ccc2cc3c(ccc4sc5cc6ccncc6cc5c43)cc2c1. The number of rotatable bonds is 0. The van der Waals surface area contributed by atoms with Gasteiger partial charge in [-0.3, -0.25) is 4.98 Å². The van der Waals surface area contributed by atoms with Gasteiger partial charge < -0.3 is 0 Å². The van der Waals surface area contributed by atoms with Crippen molar-refractivity contribution in [1.29, 1.82) is 0 Å². The van der Waals surface area contributed by atoms with Crippen molar-refractivity contribution in [2.75, 3.05) is 0 Å². The van der Waals surface area contributed by atoms with Crippen LogP contribution in [0.15, 0.2) is 79.1 Å². The number of fused-ring (bicyclic) bond motifs is 7. The summed E-state index contributed by atoms with van der Waals surface area (Å²) in [5, 5.41) is 10.4. The van der Waals surface area contributed by atoms with Crippen LogP contribution in [0.5, 0.6) is 0 Å². The van der Waals surface area contributed by atoms with E-state index in [0.29, 0.717) is 0 Å². The second-order valence-corrected chi connectivity index (χ2v) is 7.62. The molecule has 2 heteroatoms. The number of nitrogens with zero attached hydrogens (tertiary/aromatic N) is 1. The number of hydrogen-bond donors (Lipinski definition) is 0. The Kier molecular flexibility index (Phi) is 2.55. The molecule has 25 heavy (non-hydrogen) atoms. The number of hydrogen-bond acceptors (Lipinski definition) is 2. The van der Waals surface area contributed by atoms with Gasteiger partial charge in [0.25, 0.3) is 0 Å². The maximum absolute atomic E-state index is 4.29. The van der Waals surface area contributed by atoms with E-state index in [1.807, 2.05) is 23.7 Å². The van der Waals surface area contributed by atoms with Crippen LogP contribution in [0.1, 0.15) is 0 Å². The maximum atomic E-state index is 4.29. The minimum atomic E-state index is 1.20. The molecular formula is C23H13NS. The van der Waals surface area contributed by atoms with Gasteiger partial charge >= 0.3 is 0 Å². The zero-order chi connectivity index (χ0) is 16.4. The van der Waals surface area contributed by atoms with Crippen LogP contribution in [0.3, 0.4) is 0 Å². The Morgan fingerprint density at radius 1 is 0.600 bits per heavy atom. The average Bonchev–Trinajstić information content (AvgIpc) is 3.02. The molecule has 4 aromatic carbocycles. The van der Waals surface area contributed by atoms with Crippen LogP contribution in [0, 0.1) is 0 Å². The summed E-state index contributed by atoms with van der Waals surface area (Å²) in [7, 11) is 0.